The van der Waals surface area contributed by atoms with E-state index in [4.69, 9.17) is 0 Å². The summed E-state index contributed by atoms with van der Waals surface area (Å²) in [6.45, 7) is 3.68. The molecule has 2 unspecified atom stereocenters. The fourth-order valence-corrected chi connectivity index (χ4v) is 2.79. The van der Waals surface area contributed by atoms with E-state index in [1.54, 1.807) is 6.26 Å². The minimum atomic E-state index is -0.817. The normalized spacial score (nSPS) is 16.3. The number of nitrogens with one attached hydrogen (secondary N) is 3. The minimum absolute atomic E-state index is 0.0218. The number of carbonyl (C=O) groups excluding carboxylic acids is 1. The molecule has 20 heavy (non-hydrogen) atoms. The van der Waals surface area contributed by atoms with Gasteiger partial charge in [-0.05, 0) is 31.5 Å². The Kier molecular flexibility index (Phi) is 5.00. The summed E-state index contributed by atoms with van der Waals surface area (Å²) in [6, 6.07) is 5.62. The molecule has 0 saturated heterocycles. The Labute approximate surface area is 122 Å². The van der Waals surface area contributed by atoms with E-state index in [0.717, 1.165) is 30.9 Å². The number of benzene rings is 1. The van der Waals surface area contributed by atoms with Crippen molar-refractivity contribution < 1.29 is 9.00 Å². The highest BCUT2D eigenvalue weighted by Crippen LogP contribution is 2.25. The molecule has 1 aliphatic rings. The highest BCUT2D eigenvalue weighted by Gasteiger charge is 2.14. The van der Waals surface area contributed by atoms with Crippen LogP contribution in [0.15, 0.2) is 18.2 Å². The van der Waals surface area contributed by atoms with Crippen molar-refractivity contribution in [2.75, 3.05) is 35.7 Å². The number of carbonyl (C=O) groups is 1. The first kappa shape index (κ1) is 14.8. The monoisotopic (exact) mass is 295 g/mol. The maximum absolute atomic E-state index is 12.2. The molecule has 6 heteroatoms. The first-order chi connectivity index (χ1) is 9.56. The second-order valence-corrected chi connectivity index (χ2v) is 6.61. The number of rotatable bonds is 5. The van der Waals surface area contributed by atoms with Crippen molar-refractivity contribution in [1.82, 2.24) is 5.32 Å². The zero-order valence-electron chi connectivity index (χ0n) is 11.9. The smallest absolute Gasteiger partial charge is 0.251 e. The molecule has 1 aliphatic heterocycles. The van der Waals surface area contributed by atoms with Gasteiger partial charge in [-0.3, -0.25) is 9.00 Å². The number of fused-ring (bicyclic) bond motifs is 1. The molecule has 1 aromatic carbocycles. The third-order valence-electron chi connectivity index (χ3n) is 3.25. The van der Waals surface area contributed by atoms with E-state index in [0.29, 0.717) is 11.3 Å². The number of amides is 1. The van der Waals surface area contributed by atoms with Gasteiger partial charge in [-0.15, -0.1) is 0 Å². The van der Waals surface area contributed by atoms with Crippen molar-refractivity contribution in [3.8, 4) is 0 Å². The lowest BCUT2D eigenvalue weighted by Gasteiger charge is -2.21. The lowest BCUT2D eigenvalue weighted by Crippen LogP contribution is -2.33. The van der Waals surface area contributed by atoms with Crippen molar-refractivity contribution in [1.29, 1.82) is 0 Å². The van der Waals surface area contributed by atoms with E-state index in [-0.39, 0.29) is 11.9 Å². The van der Waals surface area contributed by atoms with E-state index >= 15 is 0 Å². The van der Waals surface area contributed by atoms with Crippen LogP contribution in [0.2, 0.25) is 0 Å². The van der Waals surface area contributed by atoms with Gasteiger partial charge in [0.1, 0.15) is 0 Å². The van der Waals surface area contributed by atoms with Gasteiger partial charge in [0.2, 0.25) is 0 Å². The van der Waals surface area contributed by atoms with Gasteiger partial charge < -0.3 is 16.0 Å². The summed E-state index contributed by atoms with van der Waals surface area (Å²) in [6.07, 6.45) is 2.40. The zero-order chi connectivity index (χ0) is 14.5. The molecule has 1 heterocycles. The molecule has 0 bridgehead atoms. The molecule has 2 rings (SSSR count). The first-order valence-electron chi connectivity index (χ1n) is 6.79. The largest absolute Gasteiger partial charge is 0.382 e. The molecule has 1 aromatic rings. The lowest BCUT2D eigenvalue weighted by atomic mass is 10.1. The second-order valence-electron chi connectivity index (χ2n) is 5.05. The number of hydrogen-bond donors (Lipinski definition) is 3. The summed E-state index contributed by atoms with van der Waals surface area (Å²) >= 11 is 0. The van der Waals surface area contributed by atoms with Crippen LogP contribution in [-0.4, -0.2) is 41.3 Å². The topological polar surface area (TPSA) is 70.2 Å². The Hall–Kier alpha value is -1.56. The van der Waals surface area contributed by atoms with Crippen molar-refractivity contribution in [3.63, 3.8) is 0 Å². The van der Waals surface area contributed by atoms with Crippen molar-refractivity contribution >= 4 is 28.1 Å². The molecule has 0 fully saturated rings. The predicted octanol–water partition coefficient (Wildman–Crippen LogP) is 1.41. The summed E-state index contributed by atoms with van der Waals surface area (Å²) in [5, 5.41) is 9.48. The van der Waals surface area contributed by atoms with Gasteiger partial charge in [0.25, 0.3) is 5.91 Å². The first-order valence-corrected chi connectivity index (χ1v) is 8.51. The number of hydrogen-bond acceptors (Lipinski definition) is 4. The lowest BCUT2D eigenvalue weighted by molar-refractivity contribution is 0.0939. The molecule has 1 amide bonds. The zero-order valence-corrected chi connectivity index (χ0v) is 12.7. The minimum Gasteiger partial charge on any atom is -0.382 e. The van der Waals surface area contributed by atoms with Gasteiger partial charge in [-0.25, -0.2) is 0 Å². The Morgan fingerprint density at radius 1 is 1.35 bits per heavy atom. The maximum Gasteiger partial charge on any atom is 0.251 e. The molecule has 0 aromatic heterocycles. The second kappa shape index (κ2) is 6.74. The standard InChI is InChI=1S/C14H21N3O2S/c1-10(5-8-20(2)19)17-14(18)11-3-4-12-13(9-11)16-7-6-15-12/h3-4,9-10,15-16H,5-8H2,1-2H3,(H,17,18). The fourth-order valence-electron chi connectivity index (χ4n) is 2.10. The molecule has 0 spiro atoms. The third-order valence-corrected chi connectivity index (χ3v) is 4.06. The van der Waals surface area contributed by atoms with Gasteiger partial charge in [0.05, 0.1) is 11.4 Å². The summed E-state index contributed by atoms with van der Waals surface area (Å²) in [7, 11) is -0.817. The van der Waals surface area contributed by atoms with Crippen LogP contribution in [0.4, 0.5) is 11.4 Å². The molecular weight excluding hydrogens is 274 g/mol. The molecular formula is C14H21N3O2S. The predicted molar refractivity (Wildman–Crippen MR) is 83.9 cm³/mol. The van der Waals surface area contributed by atoms with Crippen LogP contribution in [0.3, 0.4) is 0 Å². The molecule has 0 saturated carbocycles. The van der Waals surface area contributed by atoms with Crippen molar-refractivity contribution in [2.45, 2.75) is 19.4 Å². The molecule has 0 aliphatic carbocycles. The average Bonchev–Trinajstić information content (AvgIpc) is 2.44. The van der Waals surface area contributed by atoms with Crippen molar-refractivity contribution in [3.05, 3.63) is 23.8 Å². The molecule has 5 nitrogen and oxygen atoms in total. The summed E-state index contributed by atoms with van der Waals surface area (Å²) in [4.78, 5) is 12.2. The molecule has 110 valence electrons. The highest BCUT2D eigenvalue weighted by molar-refractivity contribution is 7.84. The van der Waals surface area contributed by atoms with Gasteiger partial charge in [-0.1, -0.05) is 0 Å². The van der Waals surface area contributed by atoms with Gasteiger partial charge in [-0.2, -0.15) is 0 Å². The summed E-state index contributed by atoms with van der Waals surface area (Å²) in [5.41, 5.74) is 2.64. The van der Waals surface area contributed by atoms with E-state index < -0.39 is 10.8 Å². The van der Waals surface area contributed by atoms with Gasteiger partial charge in [0.15, 0.2) is 0 Å². The van der Waals surface area contributed by atoms with Crippen LogP contribution in [0.1, 0.15) is 23.7 Å². The molecule has 3 N–H and O–H groups in total. The van der Waals surface area contributed by atoms with Crippen LogP contribution in [0.25, 0.3) is 0 Å². The third kappa shape index (κ3) is 3.96. The Balaban J connectivity index is 1.97. The number of anilines is 2. The van der Waals surface area contributed by atoms with Crippen LogP contribution in [-0.2, 0) is 10.8 Å². The van der Waals surface area contributed by atoms with Gasteiger partial charge in [0, 0.05) is 47.5 Å². The van der Waals surface area contributed by atoms with Crippen molar-refractivity contribution in [2.24, 2.45) is 0 Å². The highest BCUT2D eigenvalue weighted by atomic mass is 32.2. The average molecular weight is 295 g/mol. The van der Waals surface area contributed by atoms with Gasteiger partial charge >= 0.3 is 0 Å². The Bertz CT molecular complexity index is 519. The van der Waals surface area contributed by atoms with E-state index in [2.05, 4.69) is 16.0 Å². The van der Waals surface area contributed by atoms with E-state index in [1.165, 1.54) is 0 Å². The van der Waals surface area contributed by atoms with Crippen LogP contribution >= 0.6 is 0 Å². The van der Waals surface area contributed by atoms with Crippen LogP contribution in [0.5, 0.6) is 0 Å². The maximum atomic E-state index is 12.2. The Morgan fingerprint density at radius 2 is 2.05 bits per heavy atom. The quantitative estimate of drug-likeness (QED) is 0.768. The molecule has 0 radical (unpaired) electrons. The summed E-state index contributed by atoms with van der Waals surface area (Å²) < 4.78 is 11.0. The van der Waals surface area contributed by atoms with Crippen LogP contribution in [0, 0.1) is 0 Å². The van der Waals surface area contributed by atoms with Crippen LogP contribution < -0.4 is 16.0 Å². The summed E-state index contributed by atoms with van der Waals surface area (Å²) in [5.74, 6) is 0.520. The fraction of sp³-hybridized carbons (Fsp3) is 0.500. The SMILES string of the molecule is CC(CCS(C)=O)NC(=O)c1ccc2c(c1)NCCN2. The van der Waals surface area contributed by atoms with E-state index in [1.807, 2.05) is 25.1 Å². The van der Waals surface area contributed by atoms with E-state index in [9.17, 15) is 9.00 Å². The Morgan fingerprint density at radius 3 is 2.75 bits per heavy atom. The molecule has 2 atom stereocenters.